The lowest BCUT2D eigenvalue weighted by Crippen LogP contribution is -2.27. The summed E-state index contributed by atoms with van der Waals surface area (Å²) < 4.78 is 16.4. The zero-order valence-electron chi connectivity index (χ0n) is 10.5. The zero-order valence-corrected chi connectivity index (χ0v) is 10.5. The van der Waals surface area contributed by atoms with Gasteiger partial charge in [-0.3, -0.25) is 4.79 Å². The second-order valence-electron chi connectivity index (χ2n) is 6.25. The molecule has 4 fully saturated rings. The first-order valence-corrected chi connectivity index (χ1v) is 7.27. The largest absolute Gasteiger partial charge is 0.465 e. The number of ether oxygens (including phenoxy) is 3. The van der Waals surface area contributed by atoms with Crippen molar-refractivity contribution in [3.05, 3.63) is 0 Å². The molecule has 0 aromatic carbocycles. The number of hydrogen-bond donors (Lipinski definition) is 0. The molecule has 4 nitrogen and oxygen atoms in total. The Hall–Kier alpha value is -0.610. The molecule has 0 radical (unpaired) electrons. The van der Waals surface area contributed by atoms with E-state index in [-0.39, 0.29) is 11.9 Å². The number of esters is 1. The van der Waals surface area contributed by atoms with Crippen molar-refractivity contribution in [2.24, 2.45) is 11.8 Å². The highest BCUT2D eigenvalue weighted by molar-refractivity contribution is 5.72. The molecule has 4 heteroatoms. The van der Waals surface area contributed by atoms with Gasteiger partial charge in [0.1, 0.15) is 0 Å². The minimum atomic E-state index is 0.00258. The lowest BCUT2D eigenvalue weighted by Gasteiger charge is -2.21. The molecule has 100 valence electrons. The van der Waals surface area contributed by atoms with Gasteiger partial charge in [0.15, 0.2) is 0 Å². The van der Waals surface area contributed by atoms with Gasteiger partial charge in [-0.1, -0.05) is 0 Å². The Morgan fingerprint density at radius 1 is 0.944 bits per heavy atom. The molecule has 2 aliphatic carbocycles. The van der Waals surface area contributed by atoms with Crippen molar-refractivity contribution < 1.29 is 19.0 Å². The first kappa shape index (κ1) is 11.2. The van der Waals surface area contributed by atoms with Crippen LogP contribution in [0, 0.1) is 11.8 Å². The SMILES string of the molecule is O=C(OC[C@@H]1CC[C@H]2O[C@H]2C1)[C@H]1CC[C@H]2O[C@H]2C1. The summed E-state index contributed by atoms with van der Waals surface area (Å²) in [6.45, 7) is 0.594. The number of carbonyl (C=O) groups excluding carboxylic acids is 1. The number of carbonyl (C=O) groups is 1. The van der Waals surface area contributed by atoms with Gasteiger partial charge in [-0.25, -0.2) is 0 Å². The lowest BCUT2D eigenvalue weighted by molar-refractivity contribution is -0.151. The number of rotatable bonds is 3. The number of fused-ring (bicyclic) bond motifs is 2. The Balaban J connectivity index is 1.23. The average Bonchev–Trinajstić information content (AvgIpc) is 3.26. The van der Waals surface area contributed by atoms with Crippen molar-refractivity contribution in [2.75, 3.05) is 6.61 Å². The molecule has 0 unspecified atom stereocenters. The number of epoxide rings is 2. The molecule has 4 rings (SSSR count). The molecule has 4 aliphatic rings. The summed E-state index contributed by atoms with van der Waals surface area (Å²) in [5, 5.41) is 0. The fourth-order valence-corrected chi connectivity index (χ4v) is 3.57. The summed E-state index contributed by atoms with van der Waals surface area (Å²) in [6, 6.07) is 0. The van der Waals surface area contributed by atoms with E-state index in [2.05, 4.69) is 0 Å². The van der Waals surface area contributed by atoms with E-state index in [1.54, 1.807) is 0 Å². The minimum absolute atomic E-state index is 0.00258. The molecule has 0 aromatic heterocycles. The molecule has 0 aromatic rings. The zero-order chi connectivity index (χ0) is 12.1. The van der Waals surface area contributed by atoms with Crippen LogP contribution in [0.5, 0.6) is 0 Å². The first-order valence-electron chi connectivity index (χ1n) is 7.27. The Kier molecular flexibility index (Phi) is 2.62. The van der Waals surface area contributed by atoms with Gasteiger partial charge in [-0.2, -0.15) is 0 Å². The minimum Gasteiger partial charge on any atom is -0.465 e. The van der Waals surface area contributed by atoms with Gasteiger partial charge in [-0.15, -0.1) is 0 Å². The molecule has 0 amide bonds. The topological polar surface area (TPSA) is 51.4 Å². The predicted octanol–water partition coefficient (Wildman–Crippen LogP) is 1.66. The van der Waals surface area contributed by atoms with Crippen LogP contribution in [-0.4, -0.2) is 37.0 Å². The van der Waals surface area contributed by atoms with Crippen LogP contribution < -0.4 is 0 Å². The summed E-state index contributed by atoms with van der Waals surface area (Å²) in [4.78, 5) is 12.0. The molecular formula is C14H20O4. The van der Waals surface area contributed by atoms with Crippen molar-refractivity contribution in [3.8, 4) is 0 Å². The van der Waals surface area contributed by atoms with Gasteiger partial charge in [0.2, 0.25) is 0 Å². The van der Waals surface area contributed by atoms with Crippen LogP contribution in [0.15, 0.2) is 0 Å². The van der Waals surface area contributed by atoms with Crippen LogP contribution in [-0.2, 0) is 19.0 Å². The molecule has 6 atom stereocenters. The summed E-state index contributed by atoms with van der Waals surface area (Å²) in [6.07, 6.45) is 8.03. The van der Waals surface area contributed by atoms with E-state index >= 15 is 0 Å². The molecule has 0 N–H and O–H groups in total. The van der Waals surface area contributed by atoms with Crippen LogP contribution >= 0.6 is 0 Å². The lowest BCUT2D eigenvalue weighted by atomic mass is 9.89. The van der Waals surface area contributed by atoms with Crippen LogP contribution in [0.2, 0.25) is 0 Å². The molecule has 0 spiro atoms. The third-order valence-electron chi connectivity index (χ3n) is 4.91. The first-order chi connectivity index (χ1) is 8.79. The normalized spacial score (nSPS) is 48.9. The van der Waals surface area contributed by atoms with Gasteiger partial charge in [-0.05, 0) is 44.4 Å². The summed E-state index contributed by atoms with van der Waals surface area (Å²) in [5.41, 5.74) is 0. The third-order valence-corrected chi connectivity index (χ3v) is 4.91. The maximum atomic E-state index is 12.0. The smallest absolute Gasteiger partial charge is 0.309 e. The molecule has 2 saturated carbocycles. The summed E-state index contributed by atoms with van der Waals surface area (Å²) in [5.74, 6) is 0.608. The average molecular weight is 252 g/mol. The van der Waals surface area contributed by atoms with Crippen molar-refractivity contribution in [1.29, 1.82) is 0 Å². The second-order valence-corrected chi connectivity index (χ2v) is 6.25. The van der Waals surface area contributed by atoms with E-state index < -0.39 is 0 Å². The van der Waals surface area contributed by atoms with Crippen molar-refractivity contribution in [2.45, 2.75) is 62.9 Å². The Morgan fingerprint density at radius 2 is 1.67 bits per heavy atom. The van der Waals surface area contributed by atoms with E-state index in [0.717, 1.165) is 38.5 Å². The maximum Gasteiger partial charge on any atom is 0.309 e. The van der Waals surface area contributed by atoms with Crippen molar-refractivity contribution in [1.82, 2.24) is 0 Å². The van der Waals surface area contributed by atoms with Crippen LogP contribution in [0.1, 0.15) is 38.5 Å². The highest BCUT2D eigenvalue weighted by Crippen LogP contribution is 2.41. The maximum absolute atomic E-state index is 12.0. The Bertz CT molecular complexity index is 356. The van der Waals surface area contributed by atoms with Crippen molar-refractivity contribution in [3.63, 3.8) is 0 Å². The summed E-state index contributed by atoms with van der Waals surface area (Å²) in [7, 11) is 0. The Labute approximate surface area is 107 Å². The summed E-state index contributed by atoms with van der Waals surface area (Å²) >= 11 is 0. The van der Waals surface area contributed by atoms with E-state index in [1.165, 1.54) is 0 Å². The van der Waals surface area contributed by atoms with E-state index in [9.17, 15) is 4.79 Å². The van der Waals surface area contributed by atoms with Gasteiger partial charge >= 0.3 is 5.97 Å². The van der Waals surface area contributed by atoms with E-state index in [4.69, 9.17) is 14.2 Å². The van der Waals surface area contributed by atoms with Crippen LogP contribution in [0.4, 0.5) is 0 Å². The third kappa shape index (κ3) is 2.16. The molecule has 18 heavy (non-hydrogen) atoms. The van der Waals surface area contributed by atoms with Gasteiger partial charge < -0.3 is 14.2 Å². The molecular weight excluding hydrogens is 232 g/mol. The molecule has 0 bridgehead atoms. The number of hydrogen-bond acceptors (Lipinski definition) is 4. The molecule has 2 aliphatic heterocycles. The highest BCUT2D eigenvalue weighted by Gasteiger charge is 2.47. The van der Waals surface area contributed by atoms with E-state index in [1.807, 2.05) is 0 Å². The van der Waals surface area contributed by atoms with Crippen LogP contribution in [0.3, 0.4) is 0 Å². The Morgan fingerprint density at radius 3 is 2.39 bits per heavy atom. The fraction of sp³-hybridized carbons (Fsp3) is 0.929. The fourth-order valence-electron chi connectivity index (χ4n) is 3.57. The molecule has 2 heterocycles. The quantitative estimate of drug-likeness (QED) is 0.566. The predicted molar refractivity (Wildman–Crippen MR) is 63.0 cm³/mol. The highest BCUT2D eigenvalue weighted by atomic mass is 16.6. The van der Waals surface area contributed by atoms with E-state index in [0.29, 0.717) is 36.9 Å². The van der Waals surface area contributed by atoms with Gasteiger partial charge in [0.05, 0.1) is 36.9 Å². The second kappa shape index (κ2) is 4.20. The van der Waals surface area contributed by atoms with Crippen molar-refractivity contribution >= 4 is 5.97 Å². The standard InChI is InChI=1S/C14H20O4/c15-14(9-2-4-11-13(6-9)18-11)16-7-8-1-3-10-12(5-8)17-10/h8-13H,1-7H2/t8-,9+,10-,11-,12+,13+/m1/s1. The molecule has 2 saturated heterocycles. The monoisotopic (exact) mass is 252 g/mol. The van der Waals surface area contributed by atoms with Crippen LogP contribution in [0.25, 0.3) is 0 Å². The van der Waals surface area contributed by atoms with Gasteiger partial charge in [0.25, 0.3) is 0 Å². The van der Waals surface area contributed by atoms with Gasteiger partial charge in [0, 0.05) is 0 Å².